The number of amides is 1. The zero-order chi connectivity index (χ0) is 20.7. The number of ether oxygens (including phenoxy) is 2. The molecular formula is C24H29N3O3. The second-order valence-electron chi connectivity index (χ2n) is 8.73. The van der Waals surface area contributed by atoms with Crippen molar-refractivity contribution in [3.63, 3.8) is 0 Å². The van der Waals surface area contributed by atoms with Gasteiger partial charge in [-0.3, -0.25) is 4.79 Å². The molecule has 5 rings (SSSR count). The quantitative estimate of drug-likeness (QED) is 0.746. The van der Waals surface area contributed by atoms with Crippen LogP contribution >= 0.6 is 0 Å². The summed E-state index contributed by atoms with van der Waals surface area (Å²) >= 11 is 0. The molecule has 0 bridgehead atoms. The number of anilines is 1. The first-order valence-electron chi connectivity index (χ1n) is 10.9. The van der Waals surface area contributed by atoms with Crippen LogP contribution in [0.4, 0.5) is 5.82 Å². The molecule has 3 aliphatic rings. The number of benzene rings is 1. The lowest BCUT2D eigenvalue weighted by Crippen LogP contribution is -2.40. The molecule has 1 amide bonds. The molecule has 30 heavy (non-hydrogen) atoms. The Bertz CT molecular complexity index is 961. The van der Waals surface area contributed by atoms with Gasteiger partial charge in [0, 0.05) is 24.9 Å². The Morgan fingerprint density at radius 3 is 3.03 bits per heavy atom. The Kier molecular flexibility index (Phi) is 5.11. The maximum absolute atomic E-state index is 10.7. The fourth-order valence-electron chi connectivity index (χ4n) is 4.99. The van der Waals surface area contributed by atoms with Crippen LogP contribution < -0.4 is 15.0 Å². The molecule has 6 heteroatoms. The summed E-state index contributed by atoms with van der Waals surface area (Å²) in [7, 11) is 0. The van der Waals surface area contributed by atoms with E-state index in [9.17, 15) is 4.79 Å². The van der Waals surface area contributed by atoms with Crippen molar-refractivity contribution in [2.75, 3.05) is 18.1 Å². The van der Waals surface area contributed by atoms with Crippen LogP contribution in [0.5, 0.6) is 5.75 Å². The molecule has 1 N–H and O–H groups in total. The van der Waals surface area contributed by atoms with Crippen molar-refractivity contribution in [2.24, 2.45) is 5.92 Å². The number of fused-ring (bicyclic) bond motifs is 2. The molecule has 1 saturated heterocycles. The summed E-state index contributed by atoms with van der Waals surface area (Å²) in [5, 5.41) is 2.74. The fourth-order valence-corrected chi connectivity index (χ4v) is 4.99. The SMILES string of the molecule is Cc1cc(C)c(N2CCC(Oc3ccc4c(c3)COCC4)C3CC32)nc1CNC=O. The molecule has 1 aromatic heterocycles. The van der Waals surface area contributed by atoms with Crippen LogP contribution in [0, 0.1) is 19.8 Å². The maximum Gasteiger partial charge on any atom is 0.207 e. The average Bonchev–Trinajstić information content (AvgIpc) is 3.55. The monoisotopic (exact) mass is 407 g/mol. The molecule has 2 fully saturated rings. The summed E-state index contributed by atoms with van der Waals surface area (Å²) in [6.07, 6.45) is 4.12. The molecule has 6 nitrogen and oxygen atoms in total. The third-order valence-electron chi connectivity index (χ3n) is 6.68. The van der Waals surface area contributed by atoms with E-state index in [-0.39, 0.29) is 6.10 Å². The van der Waals surface area contributed by atoms with Gasteiger partial charge in [-0.25, -0.2) is 4.98 Å². The lowest BCUT2D eigenvalue weighted by molar-refractivity contribution is -0.109. The smallest absolute Gasteiger partial charge is 0.207 e. The molecule has 3 heterocycles. The van der Waals surface area contributed by atoms with Crippen LogP contribution in [0.25, 0.3) is 0 Å². The van der Waals surface area contributed by atoms with Crippen LogP contribution in [-0.2, 0) is 29.1 Å². The lowest BCUT2D eigenvalue weighted by atomic mass is 10.0. The lowest BCUT2D eigenvalue weighted by Gasteiger charge is -2.34. The molecule has 1 aliphatic carbocycles. The predicted molar refractivity (Wildman–Crippen MR) is 115 cm³/mol. The highest BCUT2D eigenvalue weighted by Crippen LogP contribution is 2.47. The molecule has 3 atom stereocenters. The zero-order valence-corrected chi connectivity index (χ0v) is 17.7. The van der Waals surface area contributed by atoms with E-state index in [1.54, 1.807) is 0 Å². The van der Waals surface area contributed by atoms with Gasteiger partial charge >= 0.3 is 0 Å². The van der Waals surface area contributed by atoms with Gasteiger partial charge in [-0.15, -0.1) is 0 Å². The standard InChI is InChI=1S/C24H29N3O3/c1-15-9-16(2)24(26-21(15)12-25-14-28)27-7-5-23(20-11-22(20)27)30-19-4-3-17-6-8-29-13-18(17)10-19/h3-4,9-10,14,20,22-23H,5-8,11-13H2,1-2H3,(H,25,28). The molecular weight excluding hydrogens is 378 g/mol. The number of hydrogen-bond acceptors (Lipinski definition) is 5. The molecule has 1 aromatic carbocycles. The first kappa shape index (κ1) is 19.4. The van der Waals surface area contributed by atoms with Crippen molar-refractivity contribution < 1.29 is 14.3 Å². The van der Waals surface area contributed by atoms with Gasteiger partial charge in [0.05, 0.1) is 25.5 Å². The van der Waals surface area contributed by atoms with Crippen LogP contribution in [0.2, 0.25) is 0 Å². The Balaban J connectivity index is 1.28. The second kappa shape index (κ2) is 7.91. The minimum atomic E-state index is 0.260. The van der Waals surface area contributed by atoms with E-state index in [0.29, 0.717) is 25.1 Å². The van der Waals surface area contributed by atoms with E-state index in [0.717, 1.165) is 61.6 Å². The van der Waals surface area contributed by atoms with Gasteiger partial charge in [-0.1, -0.05) is 12.1 Å². The third-order valence-corrected chi connectivity index (χ3v) is 6.68. The fraction of sp³-hybridized carbons (Fsp3) is 0.500. The van der Waals surface area contributed by atoms with Gasteiger partial charge in [0.25, 0.3) is 0 Å². The van der Waals surface area contributed by atoms with Gasteiger partial charge in [0.1, 0.15) is 17.7 Å². The number of pyridine rings is 1. The number of nitrogens with one attached hydrogen (secondary N) is 1. The van der Waals surface area contributed by atoms with Crippen molar-refractivity contribution in [1.29, 1.82) is 0 Å². The van der Waals surface area contributed by atoms with E-state index in [4.69, 9.17) is 14.5 Å². The highest BCUT2D eigenvalue weighted by molar-refractivity contribution is 5.53. The van der Waals surface area contributed by atoms with E-state index in [2.05, 4.69) is 48.3 Å². The number of hydrogen-bond donors (Lipinski definition) is 1. The van der Waals surface area contributed by atoms with Crippen LogP contribution in [-0.4, -0.2) is 36.7 Å². The van der Waals surface area contributed by atoms with E-state index in [1.807, 2.05) is 0 Å². The van der Waals surface area contributed by atoms with Crippen molar-refractivity contribution in [1.82, 2.24) is 10.3 Å². The first-order valence-corrected chi connectivity index (χ1v) is 10.9. The van der Waals surface area contributed by atoms with Gasteiger partial charge in [0.15, 0.2) is 0 Å². The summed E-state index contributed by atoms with van der Waals surface area (Å²) in [4.78, 5) is 18.1. The molecule has 2 aliphatic heterocycles. The van der Waals surface area contributed by atoms with Gasteiger partial charge < -0.3 is 19.7 Å². The molecule has 0 spiro atoms. The number of carbonyl (C=O) groups excluding carboxylic acids is 1. The Hall–Kier alpha value is -2.60. The largest absolute Gasteiger partial charge is 0.490 e. The molecule has 0 radical (unpaired) electrons. The maximum atomic E-state index is 10.7. The normalized spacial score (nSPS) is 24.6. The van der Waals surface area contributed by atoms with Crippen LogP contribution in [0.3, 0.4) is 0 Å². The molecule has 2 aromatic rings. The third kappa shape index (κ3) is 3.65. The summed E-state index contributed by atoms with van der Waals surface area (Å²) in [5.41, 5.74) is 5.90. The van der Waals surface area contributed by atoms with E-state index < -0.39 is 0 Å². The van der Waals surface area contributed by atoms with E-state index >= 15 is 0 Å². The number of rotatable bonds is 6. The molecule has 1 saturated carbocycles. The summed E-state index contributed by atoms with van der Waals surface area (Å²) in [5.74, 6) is 2.57. The van der Waals surface area contributed by atoms with Crippen molar-refractivity contribution >= 4 is 12.2 Å². The van der Waals surface area contributed by atoms with Gasteiger partial charge in [0.2, 0.25) is 6.41 Å². The number of aromatic nitrogens is 1. The summed E-state index contributed by atoms with van der Waals surface area (Å²) < 4.78 is 12.0. The zero-order valence-electron chi connectivity index (χ0n) is 17.7. The minimum absolute atomic E-state index is 0.260. The number of nitrogens with zero attached hydrogens (tertiary/aromatic N) is 2. The van der Waals surface area contributed by atoms with Gasteiger partial charge in [-0.2, -0.15) is 0 Å². The Morgan fingerprint density at radius 2 is 2.17 bits per heavy atom. The number of piperidine rings is 1. The Morgan fingerprint density at radius 1 is 1.27 bits per heavy atom. The van der Waals surface area contributed by atoms with Crippen LogP contribution in [0.15, 0.2) is 24.3 Å². The van der Waals surface area contributed by atoms with Crippen molar-refractivity contribution in [2.45, 2.75) is 58.4 Å². The topological polar surface area (TPSA) is 63.7 Å². The predicted octanol–water partition coefficient (Wildman–Crippen LogP) is 3.06. The van der Waals surface area contributed by atoms with Crippen molar-refractivity contribution in [3.05, 3.63) is 52.2 Å². The number of aryl methyl sites for hydroxylation is 2. The molecule has 3 unspecified atom stereocenters. The second-order valence-corrected chi connectivity index (χ2v) is 8.73. The first-order chi connectivity index (χ1) is 14.6. The van der Waals surface area contributed by atoms with Gasteiger partial charge in [-0.05, 0) is 61.1 Å². The molecule has 158 valence electrons. The van der Waals surface area contributed by atoms with Crippen molar-refractivity contribution in [3.8, 4) is 5.75 Å². The highest BCUT2D eigenvalue weighted by atomic mass is 16.5. The number of carbonyl (C=O) groups is 1. The van der Waals surface area contributed by atoms with E-state index in [1.165, 1.54) is 16.7 Å². The summed E-state index contributed by atoms with van der Waals surface area (Å²) in [6, 6.07) is 9.15. The summed E-state index contributed by atoms with van der Waals surface area (Å²) in [6.45, 7) is 7.10. The van der Waals surface area contributed by atoms with Crippen LogP contribution in [0.1, 0.15) is 40.8 Å². The Labute approximate surface area is 177 Å². The highest BCUT2D eigenvalue weighted by Gasteiger charge is 2.52. The minimum Gasteiger partial charge on any atom is -0.490 e. The average molecular weight is 408 g/mol.